The Morgan fingerprint density at radius 3 is 2.36 bits per heavy atom. The quantitative estimate of drug-likeness (QED) is 0.768. The topological polar surface area (TPSA) is 20.2 Å². The van der Waals surface area contributed by atoms with Gasteiger partial charge in [0.25, 0.3) is 0 Å². The van der Waals surface area contributed by atoms with Gasteiger partial charge in [0.1, 0.15) is 5.75 Å². The second-order valence-corrected chi connectivity index (χ2v) is 3.25. The van der Waals surface area contributed by atoms with Crippen molar-refractivity contribution >= 4 is 15.9 Å². The Kier molecular flexibility index (Phi) is 3.43. The molecular formula is C9H11BrO. The van der Waals surface area contributed by atoms with E-state index in [1.54, 1.807) is 12.1 Å². The van der Waals surface area contributed by atoms with Gasteiger partial charge in [0.2, 0.25) is 0 Å². The van der Waals surface area contributed by atoms with Crippen LogP contribution in [0.4, 0.5) is 0 Å². The fourth-order valence-electron chi connectivity index (χ4n) is 0.934. The van der Waals surface area contributed by atoms with Gasteiger partial charge in [-0.3, -0.25) is 0 Å². The predicted molar refractivity (Wildman–Crippen MR) is 50.2 cm³/mol. The normalized spacial score (nSPS) is 9.91. The predicted octanol–water partition coefficient (Wildman–Crippen LogP) is 2.72. The van der Waals surface area contributed by atoms with E-state index in [0.29, 0.717) is 5.75 Å². The van der Waals surface area contributed by atoms with Crippen LogP contribution in [0.2, 0.25) is 0 Å². The minimum Gasteiger partial charge on any atom is -0.508 e. The van der Waals surface area contributed by atoms with E-state index >= 15 is 0 Å². The second-order valence-electron chi connectivity index (χ2n) is 2.46. The van der Waals surface area contributed by atoms with Gasteiger partial charge in [0.15, 0.2) is 0 Å². The van der Waals surface area contributed by atoms with Crippen LogP contribution in [0.15, 0.2) is 24.3 Å². The maximum atomic E-state index is 8.97. The van der Waals surface area contributed by atoms with Gasteiger partial charge in [-0.2, -0.15) is 0 Å². The monoisotopic (exact) mass is 214 g/mol. The molecule has 0 aliphatic carbocycles. The molecule has 0 aliphatic heterocycles. The number of hydrogen-bond donors (Lipinski definition) is 1. The van der Waals surface area contributed by atoms with Crippen molar-refractivity contribution in [3.63, 3.8) is 0 Å². The average molecular weight is 215 g/mol. The highest BCUT2D eigenvalue weighted by Crippen LogP contribution is 2.11. The standard InChI is InChI=1S/C9H11BrO/c10-7-1-2-8-3-5-9(11)6-4-8/h3-6,11H,1-2,7H2. The Balaban J connectivity index is 2.52. The number of alkyl halides is 1. The molecule has 11 heavy (non-hydrogen) atoms. The van der Waals surface area contributed by atoms with Crippen LogP contribution in [0.1, 0.15) is 12.0 Å². The summed E-state index contributed by atoms with van der Waals surface area (Å²) in [6.07, 6.45) is 2.22. The summed E-state index contributed by atoms with van der Waals surface area (Å²) >= 11 is 3.37. The summed E-state index contributed by atoms with van der Waals surface area (Å²) in [6.45, 7) is 0. The van der Waals surface area contributed by atoms with E-state index in [0.717, 1.165) is 18.2 Å². The zero-order valence-corrected chi connectivity index (χ0v) is 7.84. The van der Waals surface area contributed by atoms with Gasteiger partial charge in [-0.15, -0.1) is 0 Å². The van der Waals surface area contributed by atoms with Crippen molar-refractivity contribution in [3.8, 4) is 5.75 Å². The molecule has 0 aliphatic rings. The van der Waals surface area contributed by atoms with Gasteiger partial charge in [-0.05, 0) is 30.5 Å². The first-order valence-electron chi connectivity index (χ1n) is 3.67. The Hall–Kier alpha value is -0.500. The van der Waals surface area contributed by atoms with Gasteiger partial charge in [0, 0.05) is 5.33 Å². The smallest absolute Gasteiger partial charge is 0.115 e. The highest BCUT2D eigenvalue weighted by Gasteiger charge is 1.91. The molecule has 0 saturated heterocycles. The van der Waals surface area contributed by atoms with Crippen LogP contribution in [0.25, 0.3) is 0 Å². The molecule has 0 bridgehead atoms. The number of hydrogen-bond acceptors (Lipinski definition) is 1. The number of aryl methyl sites for hydroxylation is 1. The van der Waals surface area contributed by atoms with Crippen LogP contribution in [-0.4, -0.2) is 10.4 Å². The van der Waals surface area contributed by atoms with Gasteiger partial charge in [0.05, 0.1) is 0 Å². The molecule has 0 radical (unpaired) electrons. The lowest BCUT2D eigenvalue weighted by atomic mass is 10.1. The molecule has 1 aromatic rings. The number of benzene rings is 1. The van der Waals surface area contributed by atoms with E-state index < -0.39 is 0 Å². The number of aromatic hydroxyl groups is 1. The molecule has 0 heterocycles. The maximum Gasteiger partial charge on any atom is 0.115 e. The van der Waals surface area contributed by atoms with E-state index in [1.165, 1.54) is 5.56 Å². The number of phenolic OH excluding ortho intramolecular Hbond substituents is 1. The highest BCUT2D eigenvalue weighted by atomic mass is 79.9. The van der Waals surface area contributed by atoms with Gasteiger partial charge in [-0.1, -0.05) is 28.1 Å². The summed E-state index contributed by atoms with van der Waals surface area (Å²) in [5.41, 5.74) is 1.28. The Morgan fingerprint density at radius 2 is 1.82 bits per heavy atom. The van der Waals surface area contributed by atoms with Crippen LogP contribution >= 0.6 is 15.9 Å². The maximum absolute atomic E-state index is 8.97. The number of phenols is 1. The largest absolute Gasteiger partial charge is 0.508 e. The lowest BCUT2D eigenvalue weighted by molar-refractivity contribution is 0.475. The zero-order chi connectivity index (χ0) is 8.10. The Bertz CT molecular complexity index is 205. The van der Waals surface area contributed by atoms with Crippen molar-refractivity contribution in [2.24, 2.45) is 0 Å². The number of rotatable bonds is 3. The highest BCUT2D eigenvalue weighted by molar-refractivity contribution is 9.09. The van der Waals surface area contributed by atoms with Crippen LogP contribution in [0, 0.1) is 0 Å². The summed E-state index contributed by atoms with van der Waals surface area (Å²) in [6, 6.07) is 7.36. The van der Waals surface area contributed by atoms with Crippen molar-refractivity contribution < 1.29 is 5.11 Å². The molecule has 1 rings (SSSR count). The van der Waals surface area contributed by atoms with Gasteiger partial charge in [-0.25, -0.2) is 0 Å². The first-order chi connectivity index (χ1) is 5.33. The Labute approximate surface area is 75.2 Å². The summed E-state index contributed by atoms with van der Waals surface area (Å²) in [5, 5.41) is 10.0. The lowest BCUT2D eigenvalue weighted by Crippen LogP contribution is -1.84. The minimum atomic E-state index is 0.340. The van der Waals surface area contributed by atoms with E-state index in [-0.39, 0.29) is 0 Å². The first kappa shape index (κ1) is 8.60. The molecule has 1 aromatic carbocycles. The van der Waals surface area contributed by atoms with Gasteiger partial charge >= 0.3 is 0 Å². The SMILES string of the molecule is Oc1ccc(CCCBr)cc1. The Morgan fingerprint density at radius 1 is 1.18 bits per heavy atom. The van der Waals surface area contributed by atoms with E-state index in [2.05, 4.69) is 15.9 Å². The summed E-state index contributed by atoms with van der Waals surface area (Å²) in [7, 11) is 0. The van der Waals surface area contributed by atoms with Crippen LogP contribution in [-0.2, 0) is 6.42 Å². The van der Waals surface area contributed by atoms with Crippen molar-refractivity contribution in [2.45, 2.75) is 12.8 Å². The second kappa shape index (κ2) is 4.39. The lowest BCUT2D eigenvalue weighted by Gasteiger charge is -1.98. The first-order valence-corrected chi connectivity index (χ1v) is 4.79. The van der Waals surface area contributed by atoms with Crippen molar-refractivity contribution in [1.29, 1.82) is 0 Å². The van der Waals surface area contributed by atoms with E-state index in [4.69, 9.17) is 5.11 Å². The molecule has 1 N–H and O–H groups in total. The van der Waals surface area contributed by atoms with Crippen molar-refractivity contribution in [3.05, 3.63) is 29.8 Å². The summed E-state index contributed by atoms with van der Waals surface area (Å²) in [5.74, 6) is 0.340. The zero-order valence-electron chi connectivity index (χ0n) is 6.26. The minimum absolute atomic E-state index is 0.340. The molecule has 0 fully saturated rings. The average Bonchev–Trinajstić information content (AvgIpc) is 2.04. The third-order valence-electron chi connectivity index (χ3n) is 1.54. The third kappa shape index (κ3) is 2.93. The third-order valence-corrected chi connectivity index (χ3v) is 2.10. The van der Waals surface area contributed by atoms with Gasteiger partial charge < -0.3 is 5.11 Å². The van der Waals surface area contributed by atoms with E-state index in [1.807, 2.05) is 12.1 Å². The fourth-order valence-corrected chi connectivity index (χ4v) is 1.21. The van der Waals surface area contributed by atoms with Crippen LogP contribution in [0.3, 0.4) is 0 Å². The molecule has 0 spiro atoms. The molecule has 0 unspecified atom stereocenters. The van der Waals surface area contributed by atoms with Crippen LogP contribution < -0.4 is 0 Å². The van der Waals surface area contributed by atoms with Crippen molar-refractivity contribution in [1.82, 2.24) is 0 Å². The number of halogens is 1. The molecule has 1 nitrogen and oxygen atoms in total. The summed E-state index contributed by atoms with van der Waals surface area (Å²) < 4.78 is 0. The molecule has 0 atom stereocenters. The van der Waals surface area contributed by atoms with Crippen LogP contribution in [0.5, 0.6) is 5.75 Å². The molecule has 2 heteroatoms. The molecule has 0 saturated carbocycles. The molecule has 0 aromatic heterocycles. The molecular weight excluding hydrogens is 204 g/mol. The van der Waals surface area contributed by atoms with Crippen molar-refractivity contribution in [2.75, 3.05) is 5.33 Å². The van der Waals surface area contributed by atoms with E-state index in [9.17, 15) is 0 Å². The summed E-state index contributed by atoms with van der Waals surface area (Å²) in [4.78, 5) is 0. The fraction of sp³-hybridized carbons (Fsp3) is 0.333. The molecule has 60 valence electrons. The molecule has 0 amide bonds.